The number of nitrogens with two attached hydrogens (primary N) is 1. The molecular formula is C13H17FN2O2S. The van der Waals surface area contributed by atoms with Crippen LogP contribution >= 0.6 is 12.2 Å². The number of hydrogen-bond donors (Lipinski definition) is 2. The molecule has 1 amide bonds. The van der Waals surface area contributed by atoms with Crippen LogP contribution in [0.5, 0.6) is 0 Å². The summed E-state index contributed by atoms with van der Waals surface area (Å²) in [6.45, 7) is 3.73. The number of carbonyl (C=O) groups excluding carboxylic acids is 1. The maximum atomic E-state index is 13.7. The third kappa shape index (κ3) is 5.32. The lowest BCUT2D eigenvalue weighted by atomic mass is 10.1. The van der Waals surface area contributed by atoms with Crippen molar-refractivity contribution >= 4 is 23.1 Å². The van der Waals surface area contributed by atoms with Gasteiger partial charge in [0.1, 0.15) is 17.4 Å². The standard InChI is InChI=1S/C13H17FN2O2S/c1-8(2)18-7-12(17)16-6-10-4-3-9(13(15)19)5-11(10)14/h3-5,8H,6-7H2,1-2H3,(H2,15,19)(H,16,17). The van der Waals surface area contributed by atoms with E-state index in [-0.39, 0.29) is 30.2 Å². The molecule has 0 bridgehead atoms. The van der Waals surface area contributed by atoms with Gasteiger partial charge in [-0.3, -0.25) is 4.79 Å². The Labute approximate surface area is 117 Å². The van der Waals surface area contributed by atoms with Gasteiger partial charge >= 0.3 is 0 Å². The molecule has 19 heavy (non-hydrogen) atoms. The molecule has 0 aliphatic heterocycles. The normalized spacial score (nSPS) is 10.5. The fourth-order valence-corrected chi connectivity index (χ4v) is 1.46. The van der Waals surface area contributed by atoms with Crippen molar-refractivity contribution in [2.24, 2.45) is 5.73 Å². The first kappa shape index (κ1) is 15.5. The SMILES string of the molecule is CC(C)OCC(=O)NCc1ccc(C(N)=S)cc1F. The van der Waals surface area contributed by atoms with E-state index in [0.717, 1.165) is 0 Å². The second-order valence-electron chi connectivity index (χ2n) is 4.31. The molecule has 0 atom stereocenters. The Kier molecular flexibility index (Phi) is 5.85. The summed E-state index contributed by atoms with van der Waals surface area (Å²) in [6, 6.07) is 4.43. The number of halogens is 1. The van der Waals surface area contributed by atoms with Gasteiger partial charge in [-0.25, -0.2) is 4.39 Å². The van der Waals surface area contributed by atoms with E-state index in [9.17, 15) is 9.18 Å². The predicted molar refractivity (Wildman–Crippen MR) is 75.2 cm³/mol. The van der Waals surface area contributed by atoms with E-state index in [1.807, 2.05) is 13.8 Å². The zero-order valence-electron chi connectivity index (χ0n) is 10.9. The highest BCUT2D eigenvalue weighted by Gasteiger charge is 2.08. The first-order valence-electron chi connectivity index (χ1n) is 5.86. The highest BCUT2D eigenvalue weighted by molar-refractivity contribution is 7.80. The van der Waals surface area contributed by atoms with Gasteiger partial charge in [-0.1, -0.05) is 24.4 Å². The Hall–Kier alpha value is -1.53. The maximum Gasteiger partial charge on any atom is 0.246 e. The van der Waals surface area contributed by atoms with E-state index in [1.165, 1.54) is 6.07 Å². The lowest BCUT2D eigenvalue weighted by Crippen LogP contribution is -2.28. The molecule has 1 aromatic rings. The molecule has 0 fully saturated rings. The summed E-state index contributed by atoms with van der Waals surface area (Å²) in [5.74, 6) is -0.734. The van der Waals surface area contributed by atoms with E-state index >= 15 is 0 Å². The molecule has 3 N–H and O–H groups in total. The Morgan fingerprint density at radius 3 is 2.74 bits per heavy atom. The van der Waals surface area contributed by atoms with Gasteiger partial charge in [0.15, 0.2) is 0 Å². The third-order valence-electron chi connectivity index (χ3n) is 2.36. The predicted octanol–water partition coefficient (Wildman–Crippen LogP) is 1.50. The topological polar surface area (TPSA) is 64.3 Å². The van der Waals surface area contributed by atoms with Crippen LogP contribution in [-0.2, 0) is 16.1 Å². The highest BCUT2D eigenvalue weighted by Crippen LogP contribution is 2.10. The zero-order chi connectivity index (χ0) is 14.4. The molecule has 0 aromatic heterocycles. The molecule has 1 rings (SSSR count). The van der Waals surface area contributed by atoms with Gasteiger partial charge in [0.05, 0.1) is 6.10 Å². The fourth-order valence-electron chi connectivity index (χ4n) is 1.33. The molecule has 0 spiro atoms. The van der Waals surface area contributed by atoms with Gasteiger partial charge in [-0.2, -0.15) is 0 Å². The summed E-state index contributed by atoms with van der Waals surface area (Å²) in [6.07, 6.45) is -0.0210. The van der Waals surface area contributed by atoms with Crippen molar-refractivity contribution in [1.82, 2.24) is 5.32 Å². The van der Waals surface area contributed by atoms with Gasteiger partial charge in [-0.05, 0) is 19.9 Å². The molecule has 0 aliphatic carbocycles. The van der Waals surface area contributed by atoms with Crippen LogP contribution in [0.4, 0.5) is 4.39 Å². The molecule has 0 aliphatic rings. The molecule has 104 valence electrons. The monoisotopic (exact) mass is 284 g/mol. The lowest BCUT2D eigenvalue weighted by molar-refractivity contribution is -0.127. The minimum absolute atomic E-state index is 0.0210. The zero-order valence-corrected chi connectivity index (χ0v) is 11.7. The molecule has 6 heteroatoms. The largest absolute Gasteiger partial charge is 0.389 e. The maximum absolute atomic E-state index is 13.7. The number of ether oxygens (including phenoxy) is 1. The van der Waals surface area contributed by atoms with E-state index < -0.39 is 5.82 Å². The minimum Gasteiger partial charge on any atom is -0.389 e. The van der Waals surface area contributed by atoms with E-state index in [0.29, 0.717) is 11.1 Å². The molecule has 0 radical (unpaired) electrons. The number of hydrogen-bond acceptors (Lipinski definition) is 3. The van der Waals surface area contributed by atoms with Crippen LogP contribution in [0.3, 0.4) is 0 Å². The molecule has 0 saturated heterocycles. The number of benzene rings is 1. The van der Waals surface area contributed by atoms with Crippen molar-refractivity contribution < 1.29 is 13.9 Å². The van der Waals surface area contributed by atoms with Crippen LogP contribution in [-0.4, -0.2) is 23.6 Å². The summed E-state index contributed by atoms with van der Waals surface area (Å²) in [7, 11) is 0. The Balaban J connectivity index is 2.54. The Morgan fingerprint density at radius 1 is 1.53 bits per heavy atom. The Bertz CT molecular complexity index is 478. The van der Waals surface area contributed by atoms with E-state index in [4.69, 9.17) is 22.7 Å². The highest BCUT2D eigenvalue weighted by atomic mass is 32.1. The quantitative estimate of drug-likeness (QED) is 0.777. The molecule has 4 nitrogen and oxygen atoms in total. The second kappa shape index (κ2) is 7.16. The summed E-state index contributed by atoms with van der Waals surface area (Å²) >= 11 is 4.75. The average molecular weight is 284 g/mol. The van der Waals surface area contributed by atoms with Crippen LogP contribution in [0.15, 0.2) is 18.2 Å². The summed E-state index contributed by atoms with van der Waals surface area (Å²) in [4.78, 5) is 11.5. The number of nitrogens with one attached hydrogen (secondary N) is 1. The van der Waals surface area contributed by atoms with Crippen molar-refractivity contribution in [1.29, 1.82) is 0 Å². The van der Waals surface area contributed by atoms with Gasteiger partial charge < -0.3 is 15.8 Å². The van der Waals surface area contributed by atoms with Crippen LogP contribution in [0.2, 0.25) is 0 Å². The molecule has 1 aromatic carbocycles. The van der Waals surface area contributed by atoms with Crippen LogP contribution in [0.1, 0.15) is 25.0 Å². The van der Waals surface area contributed by atoms with Crippen molar-refractivity contribution in [2.75, 3.05) is 6.61 Å². The number of rotatable bonds is 6. The first-order valence-corrected chi connectivity index (χ1v) is 6.27. The lowest BCUT2D eigenvalue weighted by Gasteiger charge is -2.09. The first-order chi connectivity index (χ1) is 8.90. The average Bonchev–Trinajstić information content (AvgIpc) is 2.34. The molecular weight excluding hydrogens is 267 g/mol. The number of thiocarbonyl (C=S) groups is 1. The van der Waals surface area contributed by atoms with Crippen molar-refractivity contribution in [3.8, 4) is 0 Å². The van der Waals surface area contributed by atoms with E-state index in [1.54, 1.807) is 12.1 Å². The molecule has 0 unspecified atom stereocenters. The molecule has 0 heterocycles. The third-order valence-corrected chi connectivity index (χ3v) is 2.60. The van der Waals surface area contributed by atoms with Crippen LogP contribution in [0, 0.1) is 5.82 Å². The van der Waals surface area contributed by atoms with Crippen molar-refractivity contribution in [2.45, 2.75) is 26.5 Å². The number of carbonyl (C=O) groups is 1. The van der Waals surface area contributed by atoms with Gasteiger partial charge in [0.25, 0.3) is 0 Å². The number of amides is 1. The van der Waals surface area contributed by atoms with Crippen molar-refractivity contribution in [3.05, 3.63) is 35.1 Å². The summed E-state index contributed by atoms with van der Waals surface area (Å²) in [5.41, 5.74) is 6.24. The minimum atomic E-state index is -0.449. The van der Waals surface area contributed by atoms with Gasteiger partial charge in [-0.15, -0.1) is 0 Å². The fraction of sp³-hybridized carbons (Fsp3) is 0.385. The second-order valence-corrected chi connectivity index (χ2v) is 4.75. The van der Waals surface area contributed by atoms with Crippen molar-refractivity contribution in [3.63, 3.8) is 0 Å². The van der Waals surface area contributed by atoms with E-state index in [2.05, 4.69) is 5.32 Å². The van der Waals surface area contributed by atoms with Crippen LogP contribution in [0.25, 0.3) is 0 Å². The van der Waals surface area contributed by atoms with Crippen LogP contribution < -0.4 is 11.1 Å². The van der Waals surface area contributed by atoms with Gasteiger partial charge in [0, 0.05) is 17.7 Å². The smallest absolute Gasteiger partial charge is 0.246 e. The summed E-state index contributed by atoms with van der Waals surface area (Å²) in [5, 5.41) is 2.58. The Morgan fingerprint density at radius 2 is 2.21 bits per heavy atom. The molecule has 0 saturated carbocycles. The summed E-state index contributed by atoms with van der Waals surface area (Å²) < 4.78 is 18.8. The van der Waals surface area contributed by atoms with Gasteiger partial charge in [0.2, 0.25) is 5.91 Å².